The van der Waals surface area contributed by atoms with Crippen LogP contribution in [0.3, 0.4) is 0 Å². The fourth-order valence-electron chi connectivity index (χ4n) is 10.9. The smallest absolute Gasteiger partial charge is 0.462 e. The molecule has 17 nitrogen and oxygen atoms in total. The summed E-state index contributed by atoms with van der Waals surface area (Å²) in [7, 11) is -9.90. The van der Waals surface area contributed by atoms with E-state index in [1.165, 1.54) is 186 Å². The van der Waals surface area contributed by atoms with E-state index in [1.807, 2.05) is 0 Å². The third-order valence-corrected chi connectivity index (χ3v) is 19.0. The van der Waals surface area contributed by atoms with Crippen molar-refractivity contribution >= 4 is 39.5 Å². The van der Waals surface area contributed by atoms with E-state index in [-0.39, 0.29) is 25.7 Å². The molecule has 0 aromatic carbocycles. The number of aliphatic hydroxyl groups is 1. The van der Waals surface area contributed by atoms with Crippen LogP contribution < -0.4 is 0 Å². The van der Waals surface area contributed by atoms with Crippen LogP contribution in [-0.2, 0) is 65.4 Å². The van der Waals surface area contributed by atoms with Gasteiger partial charge in [0.25, 0.3) is 0 Å². The Morgan fingerprint density at radius 1 is 0.319 bits per heavy atom. The highest BCUT2D eigenvalue weighted by Crippen LogP contribution is 2.45. The fraction of sp³-hybridized carbons (Fsp3) is 0.944. The van der Waals surface area contributed by atoms with Crippen molar-refractivity contribution in [3.8, 4) is 0 Å². The molecule has 0 spiro atoms. The average Bonchev–Trinajstić information content (AvgIpc) is 3.74. The van der Waals surface area contributed by atoms with Gasteiger partial charge in [-0.3, -0.25) is 37.3 Å². The van der Waals surface area contributed by atoms with E-state index in [9.17, 15) is 43.2 Å². The summed E-state index contributed by atoms with van der Waals surface area (Å²) in [4.78, 5) is 72.5. The van der Waals surface area contributed by atoms with Crippen molar-refractivity contribution in [3.05, 3.63) is 0 Å². The van der Waals surface area contributed by atoms with Gasteiger partial charge in [0.2, 0.25) is 0 Å². The van der Waals surface area contributed by atoms with Crippen LogP contribution in [0, 0.1) is 11.8 Å². The van der Waals surface area contributed by atoms with Gasteiger partial charge in [0.15, 0.2) is 12.2 Å². The number of rotatable bonds is 71. The molecule has 3 unspecified atom stereocenters. The van der Waals surface area contributed by atoms with Gasteiger partial charge in [0.05, 0.1) is 26.4 Å². The third-order valence-electron chi connectivity index (χ3n) is 17.1. The molecule has 0 radical (unpaired) electrons. The molecule has 0 aromatic rings. The van der Waals surface area contributed by atoms with E-state index in [1.54, 1.807) is 0 Å². The molecule has 3 N–H and O–H groups in total. The largest absolute Gasteiger partial charge is 0.472 e. The molecule has 91 heavy (non-hydrogen) atoms. The Bertz CT molecular complexity index is 1770. The monoisotopic (exact) mass is 1340 g/mol. The number of hydrogen-bond donors (Lipinski definition) is 3. The van der Waals surface area contributed by atoms with Gasteiger partial charge in [-0.2, -0.15) is 0 Å². The normalized spacial score (nSPS) is 14.4. The summed E-state index contributed by atoms with van der Waals surface area (Å²) < 4.78 is 68.3. The summed E-state index contributed by atoms with van der Waals surface area (Å²) in [5, 5.41) is 10.6. The van der Waals surface area contributed by atoms with E-state index in [4.69, 9.17) is 37.0 Å². The molecule has 540 valence electrons. The lowest BCUT2D eigenvalue weighted by atomic mass is 10.00. The van der Waals surface area contributed by atoms with Crippen molar-refractivity contribution in [2.75, 3.05) is 39.6 Å². The van der Waals surface area contributed by atoms with Gasteiger partial charge in [-0.05, 0) is 37.5 Å². The number of carbonyl (C=O) groups excluding carboxylic acids is 4. The minimum atomic E-state index is -4.95. The minimum Gasteiger partial charge on any atom is -0.462 e. The number of esters is 4. The van der Waals surface area contributed by atoms with Crippen LogP contribution in [-0.4, -0.2) is 96.7 Å². The molecule has 0 saturated heterocycles. The van der Waals surface area contributed by atoms with Crippen LogP contribution in [0.1, 0.15) is 369 Å². The Kier molecular flexibility index (Phi) is 62.7. The second-order valence-electron chi connectivity index (χ2n) is 26.7. The lowest BCUT2D eigenvalue weighted by Gasteiger charge is -2.21. The molecule has 0 heterocycles. The molecule has 0 aromatic heterocycles. The molecule has 0 rings (SSSR count). The Morgan fingerprint density at radius 2 is 0.560 bits per heavy atom. The maximum absolute atomic E-state index is 13.0. The zero-order valence-electron chi connectivity index (χ0n) is 59.1. The van der Waals surface area contributed by atoms with E-state index < -0.39 is 97.5 Å². The molecule has 0 saturated carbocycles. The molecular formula is C72H140O17P2. The predicted molar refractivity (Wildman–Crippen MR) is 368 cm³/mol. The first-order chi connectivity index (χ1) is 43.9. The van der Waals surface area contributed by atoms with Gasteiger partial charge in [-0.25, -0.2) is 9.13 Å². The number of carbonyl (C=O) groups is 4. The van der Waals surface area contributed by atoms with Gasteiger partial charge in [-0.15, -0.1) is 0 Å². The summed E-state index contributed by atoms with van der Waals surface area (Å²) in [5.41, 5.74) is 0. The summed E-state index contributed by atoms with van der Waals surface area (Å²) in [6.07, 6.45) is 50.1. The molecule has 0 aliphatic rings. The Morgan fingerprint density at radius 3 is 0.835 bits per heavy atom. The van der Waals surface area contributed by atoms with Crippen molar-refractivity contribution in [1.29, 1.82) is 0 Å². The van der Waals surface area contributed by atoms with E-state index in [2.05, 4.69) is 41.5 Å². The van der Waals surface area contributed by atoms with Gasteiger partial charge in [0, 0.05) is 25.7 Å². The van der Waals surface area contributed by atoms with E-state index in [0.29, 0.717) is 25.7 Å². The molecule has 19 heteroatoms. The maximum atomic E-state index is 13.0. The number of aliphatic hydroxyl groups excluding tert-OH is 1. The highest BCUT2D eigenvalue weighted by molar-refractivity contribution is 7.47. The molecule has 0 amide bonds. The minimum absolute atomic E-state index is 0.103. The molecule has 6 atom stereocenters. The molecule has 0 bridgehead atoms. The molecule has 0 fully saturated rings. The SMILES string of the molecule is CCCCCCCCCCCCCCCCCCCCCC(=O)O[C@H](COC(=O)CCCCCCCCCCCCC(C)C)COP(=O)(O)OC[C@@H](O)COP(=O)(O)OC[C@@H](COC(=O)CCCCCCCCCCC)OC(=O)CCCCCCCCC(C)CC. The summed E-state index contributed by atoms with van der Waals surface area (Å²) in [5.74, 6) is -0.647. The second-order valence-corrected chi connectivity index (χ2v) is 29.6. The van der Waals surface area contributed by atoms with Crippen molar-refractivity contribution in [1.82, 2.24) is 0 Å². The topological polar surface area (TPSA) is 237 Å². The Hall–Kier alpha value is -1.94. The van der Waals surface area contributed by atoms with Gasteiger partial charge in [-0.1, -0.05) is 318 Å². The lowest BCUT2D eigenvalue weighted by molar-refractivity contribution is -0.161. The molecular weight excluding hydrogens is 1200 g/mol. The van der Waals surface area contributed by atoms with E-state index >= 15 is 0 Å². The number of ether oxygens (including phenoxy) is 4. The summed E-state index contributed by atoms with van der Waals surface area (Å²) in [6, 6.07) is 0. The van der Waals surface area contributed by atoms with Crippen LogP contribution in [0.15, 0.2) is 0 Å². The number of hydrogen-bond acceptors (Lipinski definition) is 15. The fourth-order valence-corrected chi connectivity index (χ4v) is 12.5. The first kappa shape index (κ1) is 89.1. The van der Waals surface area contributed by atoms with Crippen molar-refractivity contribution in [2.45, 2.75) is 387 Å². The van der Waals surface area contributed by atoms with Crippen LogP contribution in [0.4, 0.5) is 0 Å². The van der Waals surface area contributed by atoms with Gasteiger partial charge < -0.3 is 33.8 Å². The van der Waals surface area contributed by atoms with Crippen molar-refractivity contribution in [3.63, 3.8) is 0 Å². The Balaban J connectivity index is 5.20. The van der Waals surface area contributed by atoms with Crippen LogP contribution in [0.25, 0.3) is 0 Å². The van der Waals surface area contributed by atoms with Crippen molar-refractivity contribution < 1.29 is 80.2 Å². The quantitative estimate of drug-likeness (QED) is 0.0222. The zero-order valence-corrected chi connectivity index (χ0v) is 60.9. The lowest BCUT2D eigenvalue weighted by Crippen LogP contribution is -2.30. The first-order valence-electron chi connectivity index (χ1n) is 37.5. The first-order valence-corrected chi connectivity index (χ1v) is 40.5. The average molecular weight is 1340 g/mol. The van der Waals surface area contributed by atoms with Crippen LogP contribution >= 0.6 is 15.6 Å². The van der Waals surface area contributed by atoms with Crippen LogP contribution in [0.2, 0.25) is 0 Å². The van der Waals surface area contributed by atoms with Gasteiger partial charge in [0.1, 0.15) is 19.3 Å². The van der Waals surface area contributed by atoms with Crippen LogP contribution in [0.5, 0.6) is 0 Å². The summed E-state index contributed by atoms with van der Waals surface area (Å²) in [6.45, 7) is 9.49. The molecule has 0 aliphatic heterocycles. The third kappa shape index (κ3) is 65.1. The maximum Gasteiger partial charge on any atom is 0.472 e. The van der Waals surface area contributed by atoms with E-state index in [0.717, 1.165) is 102 Å². The predicted octanol–water partition coefficient (Wildman–Crippen LogP) is 20.8. The number of phosphoric ester groups is 2. The zero-order chi connectivity index (χ0) is 67.2. The number of phosphoric acid groups is 2. The number of unbranched alkanes of at least 4 members (excludes halogenated alkanes) is 40. The second kappa shape index (κ2) is 64.1. The van der Waals surface area contributed by atoms with Gasteiger partial charge >= 0.3 is 39.5 Å². The Labute approximate surface area is 556 Å². The summed E-state index contributed by atoms with van der Waals surface area (Å²) >= 11 is 0. The highest BCUT2D eigenvalue weighted by atomic mass is 31.2. The highest BCUT2D eigenvalue weighted by Gasteiger charge is 2.30. The molecule has 0 aliphatic carbocycles. The van der Waals surface area contributed by atoms with Crippen molar-refractivity contribution in [2.24, 2.45) is 11.8 Å². The standard InChI is InChI=1S/C72H140O17P2/c1-7-10-12-14-16-18-19-20-21-22-23-24-25-26-27-33-37-44-50-56-71(76)88-67(60-83-70(75)55-49-43-36-32-29-28-31-34-40-46-52-64(4)5)62-86-90(78,79)84-58-66(73)59-85-91(80,81)87-63-68(61-82-69(74)54-48-42-35-30-17-15-13-11-8-2)89-72(77)57-51-45-39-38-41-47-53-65(6)9-3/h64-68,73H,7-63H2,1-6H3,(H,78,79)(H,80,81)/t65?,66-,67-,68-/m1/s1.